The molecule has 0 unspecified atom stereocenters. The van der Waals surface area contributed by atoms with Crippen LogP contribution in [0.25, 0.3) is 0 Å². The lowest BCUT2D eigenvalue weighted by Gasteiger charge is -2.34. The van der Waals surface area contributed by atoms with Gasteiger partial charge in [0.2, 0.25) is 11.8 Å². The number of anilines is 1. The van der Waals surface area contributed by atoms with Gasteiger partial charge in [0.05, 0.1) is 10.6 Å². The van der Waals surface area contributed by atoms with E-state index in [4.69, 9.17) is 0 Å². The van der Waals surface area contributed by atoms with Gasteiger partial charge in [-0.25, -0.2) is 8.42 Å². The summed E-state index contributed by atoms with van der Waals surface area (Å²) in [5.74, 6) is -0.806. The molecule has 3 rings (SSSR count). The summed E-state index contributed by atoms with van der Waals surface area (Å²) < 4.78 is 29.9. The molecular formula is C30H36BrN3O4S. The molecule has 2 amide bonds. The van der Waals surface area contributed by atoms with E-state index in [1.165, 1.54) is 17.0 Å². The highest BCUT2D eigenvalue weighted by Gasteiger charge is 2.33. The van der Waals surface area contributed by atoms with Crippen molar-refractivity contribution in [2.24, 2.45) is 0 Å². The van der Waals surface area contributed by atoms with Crippen LogP contribution in [0.5, 0.6) is 0 Å². The molecule has 0 aromatic heterocycles. The molecule has 0 saturated carbocycles. The van der Waals surface area contributed by atoms with Crippen molar-refractivity contribution in [3.05, 3.63) is 94.5 Å². The summed E-state index contributed by atoms with van der Waals surface area (Å²) in [5.41, 5.74) is 1.55. The van der Waals surface area contributed by atoms with Crippen molar-refractivity contribution in [3.8, 4) is 0 Å². The van der Waals surface area contributed by atoms with Gasteiger partial charge in [0, 0.05) is 16.6 Å². The van der Waals surface area contributed by atoms with E-state index in [0.717, 1.165) is 19.9 Å². The van der Waals surface area contributed by atoms with Crippen molar-refractivity contribution in [1.82, 2.24) is 10.2 Å². The Balaban J connectivity index is 2.06. The Kier molecular flexibility index (Phi) is 9.96. The second-order valence-corrected chi connectivity index (χ2v) is 13.1. The van der Waals surface area contributed by atoms with E-state index in [1.807, 2.05) is 64.1 Å². The van der Waals surface area contributed by atoms with Crippen LogP contribution in [0.2, 0.25) is 0 Å². The van der Waals surface area contributed by atoms with Gasteiger partial charge in [0.15, 0.2) is 0 Å². The fourth-order valence-corrected chi connectivity index (χ4v) is 5.87. The quantitative estimate of drug-likeness (QED) is 0.325. The second-order valence-electron chi connectivity index (χ2n) is 10.4. The van der Waals surface area contributed by atoms with E-state index in [1.54, 1.807) is 37.3 Å². The van der Waals surface area contributed by atoms with E-state index >= 15 is 0 Å². The number of aryl methyl sites for hydroxylation is 1. The number of sulfonamides is 1. The Hall–Kier alpha value is -3.17. The maximum Gasteiger partial charge on any atom is 0.264 e. The van der Waals surface area contributed by atoms with Gasteiger partial charge in [-0.2, -0.15) is 0 Å². The smallest absolute Gasteiger partial charge is 0.264 e. The van der Waals surface area contributed by atoms with Gasteiger partial charge < -0.3 is 10.2 Å². The van der Waals surface area contributed by atoms with E-state index < -0.39 is 34.1 Å². The normalized spacial score (nSPS) is 12.5. The lowest BCUT2D eigenvalue weighted by Crippen LogP contribution is -2.54. The van der Waals surface area contributed by atoms with Crippen molar-refractivity contribution in [2.75, 3.05) is 10.8 Å². The van der Waals surface area contributed by atoms with Crippen LogP contribution < -0.4 is 9.62 Å². The maximum absolute atomic E-state index is 14.0. The fourth-order valence-electron chi connectivity index (χ4n) is 4.13. The highest BCUT2D eigenvalue weighted by atomic mass is 79.9. The van der Waals surface area contributed by atoms with Crippen LogP contribution in [0.1, 0.15) is 45.7 Å². The Morgan fingerprint density at radius 2 is 1.51 bits per heavy atom. The van der Waals surface area contributed by atoms with Crippen molar-refractivity contribution in [2.45, 2.75) is 64.1 Å². The van der Waals surface area contributed by atoms with Gasteiger partial charge in [-0.15, -0.1) is 0 Å². The molecule has 0 aliphatic rings. The van der Waals surface area contributed by atoms with Gasteiger partial charge >= 0.3 is 0 Å². The lowest BCUT2D eigenvalue weighted by molar-refractivity contribution is -0.140. The number of hydrogen-bond acceptors (Lipinski definition) is 4. The van der Waals surface area contributed by atoms with Crippen LogP contribution in [0.4, 0.5) is 5.69 Å². The third-order valence-electron chi connectivity index (χ3n) is 6.18. The van der Waals surface area contributed by atoms with Gasteiger partial charge in [-0.05, 0) is 75.6 Å². The number of amides is 2. The van der Waals surface area contributed by atoms with E-state index in [9.17, 15) is 18.0 Å². The Bertz CT molecular complexity index is 1390. The molecule has 0 bridgehead atoms. The predicted octanol–water partition coefficient (Wildman–Crippen LogP) is 5.54. The molecule has 1 N–H and O–H groups in total. The van der Waals surface area contributed by atoms with Crippen LogP contribution in [0, 0.1) is 0 Å². The molecule has 3 aromatic carbocycles. The van der Waals surface area contributed by atoms with Gasteiger partial charge in [0.25, 0.3) is 10.0 Å². The summed E-state index contributed by atoms with van der Waals surface area (Å²) in [5, 5.41) is 2.94. The fraction of sp³-hybridized carbons (Fsp3) is 0.333. The molecule has 9 heteroatoms. The minimum atomic E-state index is -4.09. The second kappa shape index (κ2) is 12.8. The molecule has 0 fully saturated rings. The number of nitrogens with zero attached hydrogens (tertiary/aromatic N) is 2. The van der Waals surface area contributed by atoms with Crippen LogP contribution in [0.15, 0.2) is 88.2 Å². The molecule has 0 heterocycles. The molecule has 0 aliphatic heterocycles. The first kappa shape index (κ1) is 30.4. The van der Waals surface area contributed by atoms with Crippen molar-refractivity contribution in [3.63, 3.8) is 0 Å². The molecule has 7 nitrogen and oxygen atoms in total. The standard InChI is InChI=1S/C30H36BrN3O4S/c1-6-24-12-10-11-15-27(24)34(39(37,38)26-13-8-7-9-14-26)21-28(35)33(20-23-16-18-25(31)19-17-23)22(2)29(36)32-30(3,4)5/h7-19,22H,6,20-21H2,1-5H3,(H,32,36)/t22-/m0/s1. The molecule has 0 aliphatic carbocycles. The minimum absolute atomic E-state index is 0.0849. The molecular weight excluding hydrogens is 578 g/mol. The van der Waals surface area contributed by atoms with Crippen molar-refractivity contribution >= 4 is 43.5 Å². The highest BCUT2D eigenvalue weighted by molar-refractivity contribution is 9.10. The summed E-state index contributed by atoms with van der Waals surface area (Å²) in [6.45, 7) is 8.88. The minimum Gasteiger partial charge on any atom is -0.350 e. The van der Waals surface area contributed by atoms with Crippen LogP contribution in [-0.4, -0.2) is 43.3 Å². The first-order valence-electron chi connectivity index (χ1n) is 12.8. The predicted molar refractivity (Wildman–Crippen MR) is 159 cm³/mol. The van der Waals surface area contributed by atoms with Crippen LogP contribution >= 0.6 is 15.9 Å². The Morgan fingerprint density at radius 1 is 0.923 bits per heavy atom. The Morgan fingerprint density at radius 3 is 2.10 bits per heavy atom. The third kappa shape index (κ3) is 7.92. The summed E-state index contributed by atoms with van der Waals surface area (Å²) in [7, 11) is -4.09. The van der Waals surface area contributed by atoms with Crippen LogP contribution in [0.3, 0.4) is 0 Å². The monoisotopic (exact) mass is 613 g/mol. The number of para-hydroxylation sites is 1. The lowest BCUT2D eigenvalue weighted by atomic mass is 10.1. The number of carbonyl (C=O) groups excluding carboxylic acids is 2. The van der Waals surface area contributed by atoms with Crippen LogP contribution in [-0.2, 0) is 32.6 Å². The number of hydrogen-bond donors (Lipinski definition) is 1. The zero-order chi connectivity index (χ0) is 28.8. The first-order chi connectivity index (χ1) is 18.3. The largest absolute Gasteiger partial charge is 0.350 e. The summed E-state index contributed by atoms with van der Waals surface area (Å²) in [6.07, 6.45) is 0.582. The van der Waals surface area contributed by atoms with E-state index in [-0.39, 0.29) is 17.3 Å². The highest BCUT2D eigenvalue weighted by Crippen LogP contribution is 2.28. The number of rotatable bonds is 10. The summed E-state index contributed by atoms with van der Waals surface area (Å²) in [4.78, 5) is 28.7. The number of carbonyl (C=O) groups is 2. The van der Waals surface area contributed by atoms with Gasteiger partial charge in [-0.3, -0.25) is 13.9 Å². The molecule has 0 spiro atoms. The van der Waals surface area contributed by atoms with Gasteiger partial charge in [-0.1, -0.05) is 71.4 Å². The first-order valence-corrected chi connectivity index (χ1v) is 15.1. The molecule has 39 heavy (non-hydrogen) atoms. The zero-order valence-electron chi connectivity index (χ0n) is 23.0. The SMILES string of the molecule is CCc1ccccc1N(CC(=O)N(Cc1ccc(Br)cc1)[C@@H](C)C(=O)NC(C)(C)C)S(=O)(=O)c1ccccc1. The maximum atomic E-state index is 14.0. The van der Waals surface area contributed by atoms with Crippen molar-refractivity contribution < 1.29 is 18.0 Å². The molecule has 0 saturated heterocycles. The molecule has 3 aromatic rings. The Labute approximate surface area is 240 Å². The van der Waals surface area contributed by atoms with E-state index in [2.05, 4.69) is 21.2 Å². The van der Waals surface area contributed by atoms with Gasteiger partial charge in [0.1, 0.15) is 12.6 Å². The van der Waals surface area contributed by atoms with E-state index in [0.29, 0.717) is 12.1 Å². The number of halogens is 1. The third-order valence-corrected chi connectivity index (χ3v) is 8.49. The molecule has 0 radical (unpaired) electrons. The topological polar surface area (TPSA) is 86.8 Å². The zero-order valence-corrected chi connectivity index (χ0v) is 25.4. The molecule has 208 valence electrons. The number of nitrogens with one attached hydrogen (secondary N) is 1. The summed E-state index contributed by atoms with van der Waals surface area (Å²) >= 11 is 3.42. The number of benzene rings is 3. The average Bonchev–Trinajstić information content (AvgIpc) is 2.90. The summed E-state index contributed by atoms with van der Waals surface area (Å²) in [6, 6.07) is 21.8. The van der Waals surface area contributed by atoms with Crippen molar-refractivity contribution in [1.29, 1.82) is 0 Å². The molecule has 1 atom stereocenters. The average molecular weight is 615 g/mol.